The second-order valence-corrected chi connectivity index (χ2v) is 5.95. The Labute approximate surface area is 106 Å². The van der Waals surface area contributed by atoms with Gasteiger partial charge in [-0.1, -0.05) is 29.4 Å². The molecule has 0 N–H and O–H groups in total. The van der Waals surface area contributed by atoms with Gasteiger partial charge in [-0.15, -0.1) is 0 Å². The second kappa shape index (κ2) is 6.33. The average molecular weight is 248 g/mol. The molecule has 1 unspecified atom stereocenters. The van der Waals surface area contributed by atoms with Gasteiger partial charge in [0.15, 0.2) is 0 Å². The van der Waals surface area contributed by atoms with E-state index in [0.717, 1.165) is 35.8 Å². The van der Waals surface area contributed by atoms with Crippen LogP contribution in [0.4, 0.5) is 0 Å². The monoisotopic (exact) mass is 248 g/mol. The zero-order valence-electron chi connectivity index (χ0n) is 10.7. The van der Waals surface area contributed by atoms with E-state index < -0.39 is 0 Å². The average Bonchev–Trinajstić information content (AvgIpc) is 3.12. The smallest absolute Gasteiger partial charge is 0.104 e. The Morgan fingerprint density at radius 2 is 2.24 bits per heavy atom. The van der Waals surface area contributed by atoms with Crippen molar-refractivity contribution >= 4 is 14.7 Å². The molecule has 1 aromatic rings. The first kappa shape index (κ1) is 12.8. The minimum atomic E-state index is 0.400. The molecular formula is C14H20O2Si. The molecule has 0 aliphatic carbocycles. The molecule has 92 valence electrons. The first-order chi connectivity index (χ1) is 8.27. The summed E-state index contributed by atoms with van der Waals surface area (Å²) in [6.07, 6.45) is 1.55. The van der Waals surface area contributed by atoms with E-state index in [1.165, 1.54) is 22.4 Å². The van der Waals surface area contributed by atoms with Crippen LogP contribution in [0.2, 0.25) is 6.04 Å². The molecule has 2 nitrogen and oxygen atoms in total. The highest BCUT2D eigenvalue weighted by Gasteiger charge is 2.21. The number of benzene rings is 1. The van der Waals surface area contributed by atoms with Crippen molar-refractivity contribution in [2.75, 3.05) is 19.8 Å². The van der Waals surface area contributed by atoms with Crippen LogP contribution in [0.3, 0.4) is 0 Å². The summed E-state index contributed by atoms with van der Waals surface area (Å²) in [4.78, 5) is 0. The fourth-order valence-electron chi connectivity index (χ4n) is 1.72. The van der Waals surface area contributed by atoms with Crippen LogP contribution in [0.1, 0.15) is 17.5 Å². The van der Waals surface area contributed by atoms with Crippen molar-refractivity contribution < 1.29 is 9.47 Å². The molecule has 0 saturated carbocycles. The minimum Gasteiger partial charge on any atom is -0.379 e. The topological polar surface area (TPSA) is 21.8 Å². The van der Waals surface area contributed by atoms with Gasteiger partial charge < -0.3 is 9.47 Å². The molecule has 0 aromatic heterocycles. The molecule has 2 radical (unpaired) electrons. The maximum Gasteiger partial charge on any atom is 0.104 e. The first-order valence-electron chi connectivity index (χ1n) is 6.27. The molecule has 17 heavy (non-hydrogen) atoms. The van der Waals surface area contributed by atoms with Crippen LogP contribution in [0.25, 0.3) is 0 Å². The molecule has 3 heteroatoms. The number of hydrogen-bond donors (Lipinski definition) is 0. The summed E-state index contributed by atoms with van der Waals surface area (Å²) in [7, 11) is 0.910. The van der Waals surface area contributed by atoms with Gasteiger partial charge in [-0.2, -0.15) is 0 Å². The normalized spacial score (nSPS) is 18.4. The molecule has 1 aliphatic heterocycles. The Morgan fingerprint density at radius 1 is 1.41 bits per heavy atom. The van der Waals surface area contributed by atoms with Gasteiger partial charge in [-0.05, 0) is 31.4 Å². The minimum absolute atomic E-state index is 0.400. The van der Waals surface area contributed by atoms with E-state index in [2.05, 4.69) is 32.0 Å². The lowest BCUT2D eigenvalue weighted by Gasteiger charge is -2.07. The Hall–Kier alpha value is -0.643. The van der Waals surface area contributed by atoms with E-state index in [-0.39, 0.29) is 0 Å². The standard InChI is InChI=1S/C14H20O2Si/c1-11-5-3-6-14(12(11)2)17-8-4-7-15-9-13-10-16-13/h3,5-6,13H,4,7-10H2,1-2H3. The Bertz CT molecular complexity index is 361. The number of epoxide rings is 1. The van der Waals surface area contributed by atoms with Gasteiger partial charge in [0.25, 0.3) is 0 Å². The van der Waals surface area contributed by atoms with E-state index in [4.69, 9.17) is 9.47 Å². The van der Waals surface area contributed by atoms with E-state index in [9.17, 15) is 0 Å². The maximum absolute atomic E-state index is 5.53. The summed E-state index contributed by atoms with van der Waals surface area (Å²) in [5.74, 6) is 0. The molecule has 0 spiro atoms. The Kier molecular flexibility index (Phi) is 4.77. The van der Waals surface area contributed by atoms with Crippen molar-refractivity contribution in [2.45, 2.75) is 32.4 Å². The fraction of sp³-hybridized carbons (Fsp3) is 0.571. The van der Waals surface area contributed by atoms with Crippen LogP contribution >= 0.6 is 0 Å². The molecular weight excluding hydrogens is 228 g/mol. The number of rotatable bonds is 7. The third-order valence-corrected chi connectivity index (χ3v) is 4.62. The second-order valence-electron chi connectivity index (χ2n) is 4.56. The fourth-order valence-corrected chi connectivity index (χ4v) is 2.99. The van der Waals surface area contributed by atoms with Crippen LogP contribution in [0, 0.1) is 13.8 Å². The van der Waals surface area contributed by atoms with Gasteiger partial charge in [0, 0.05) is 6.61 Å². The first-order valence-corrected chi connectivity index (χ1v) is 7.47. The molecule has 1 fully saturated rings. The van der Waals surface area contributed by atoms with Gasteiger partial charge in [-0.3, -0.25) is 0 Å². The highest BCUT2D eigenvalue weighted by Crippen LogP contribution is 2.08. The quantitative estimate of drug-likeness (QED) is 0.417. The SMILES string of the molecule is Cc1cccc([Si]CCCOCC2CO2)c1C. The highest BCUT2D eigenvalue weighted by atomic mass is 28.2. The molecule has 1 aliphatic rings. The predicted octanol–water partition coefficient (Wildman–Crippen LogP) is 1.86. The zero-order chi connectivity index (χ0) is 12.1. The zero-order valence-corrected chi connectivity index (χ0v) is 11.7. The number of ether oxygens (including phenoxy) is 2. The summed E-state index contributed by atoms with van der Waals surface area (Å²) < 4.78 is 10.6. The van der Waals surface area contributed by atoms with E-state index >= 15 is 0 Å². The third kappa shape index (κ3) is 4.26. The van der Waals surface area contributed by atoms with Gasteiger partial charge in [0.05, 0.1) is 22.7 Å². The molecule has 1 atom stereocenters. The molecule has 0 bridgehead atoms. The van der Waals surface area contributed by atoms with Gasteiger partial charge >= 0.3 is 0 Å². The van der Waals surface area contributed by atoms with Gasteiger partial charge in [0.1, 0.15) is 6.10 Å². The predicted molar refractivity (Wildman–Crippen MR) is 71.3 cm³/mol. The van der Waals surface area contributed by atoms with Gasteiger partial charge in [-0.25, -0.2) is 0 Å². The van der Waals surface area contributed by atoms with Crippen molar-refractivity contribution in [3.63, 3.8) is 0 Å². The summed E-state index contributed by atoms with van der Waals surface area (Å²) in [6, 6.07) is 7.82. The summed E-state index contributed by atoms with van der Waals surface area (Å²) in [5.41, 5.74) is 2.86. The van der Waals surface area contributed by atoms with Crippen LogP contribution < -0.4 is 5.19 Å². The van der Waals surface area contributed by atoms with Crippen LogP contribution in [0.5, 0.6) is 0 Å². The van der Waals surface area contributed by atoms with E-state index in [0.29, 0.717) is 6.10 Å². The summed E-state index contributed by atoms with van der Waals surface area (Å²) >= 11 is 0. The lowest BCUT2D eigenvalue weighted by molar-refractivity contribution is 0.117. The molecule has 1 heterocycles. The molecule has 2 rings (SSSR count). The Balaban J connectivity index is 1.61. The van der Waals surface area contributed by atoms with E-state index in [1.807, 2.05) is 0 Å². The number of aryl methyl sites for hydroxylation is 1. The maximum atomic E-state index is 5.53. The summed E-state index contributed by atoms with van der Waals surface area (Å²) in [5, 5.41) is 1.51. The largest absolute Gasteiger partial charge is 0.379 e. The molecule has 0 amide bonds. The van der Waals surface area contributed by atoms with Crippen LogP contribution in [-0.4, -0.2) is 35.4 Å². The van der Waals surface area contributed by atoms with Gasteiger partial charge in [0.2, 0.25) is 0 Å². The van der Waals surface area contributed by atoms with Crippen molar-refractivity contribution in [1.82, 2.24) is 0 Å². The van der Waals surface area contributed by atoms with Crippen molar-refractivity contribution in [3.05, 3.63) is 29.3 Å². The van der Waals surface area contributed by atoms with Crippen LogP contribution in [-0.2, 0) is 9.47 Å². The van der Waals surface area contributed by atoms with Crippen molar-refractivity contribution in [2.24, 2.45) is 0 Å². The third-order valence-electron chi connectivity index (χ3n) is 3.09. The molecule has 1 aromatic carbocycles. The van der Waals surface area contributed by atoms with Crippen molar-refractivity contribution in [3.8, 4) is 0 Å². The molecule has 1 saturated heterocycles. The van der Waals surface area contributed by atoms with E-state index in [1.54, 1.807) is 0 Å². The highest BCUT2D eigenvalue weighted by molar-refractivity contribution is 6.54. The Morgan fingerprint density at radius 3 is 3.00 bits per heavy atom. The lowest BCUT2D eigenvalue weighted by atomic mass is 10.1. The number of hydrogen-bond acceptors (Lipinski definition) is 2. The van der Waals surface area contributed by atoms with Crippen molar-refractivity contribution in [1.29, 1.82) is 0 Å². The lowest BCUT2D eigenvalue weighted by Crippen LogP contribution is -2.18. The van der Waals surface area contributed by atoms with Crippen LogP contribution in [0.15, 0.2) is 18.2 Å². The summed E-state index contributed by atoms with van der Waals surface area (Å²) in [6.45, 7) is 6.95.